The highest BCUT2D eigenvalue weighted by atomic mass is 16.2. The maximum absolute atomic E-state index is 12.4. The molecular formula is C13H23N3O2. The number of nitrogens with zero attached hydrogens (tertiary/aromatic N) is 2. The molecule has 0 bridgehead atoms. The second-order valence-corrected chi connectivity index (χ2v) is 5.42. The molecule has 5 nitrogen and oxygen atoms in total. The summed E-state index contributed by atoms with van der Waals surface area (Å²) in [6.45, 7) is 7.77. The van der Waals surface area contributed by atoms with Crippen LogP contribution >= 0.6 is 0 Å². The van der Waals surface area contributed by atoms with Crippen LogP contribution in [0, 0.1) is 5.92 Å². The van der Waals surface area contributed by atoms with Gasteiger partial charge in [0.05, 0.1) is 0 Å². The van der Waals surface area contributed by atoms with E-state index in [-0.39, 0.29) is 23.8 Å². The summed E-state index contributed by atoms with van der Waals surface area (Å²) in [4.78, 5) is 28.2. The van der Waals surface area contributed by atoms with E-state index in [1.165, 1.54) is 0 Å². The van der Waals surface area contributed by atoms with Crippen LogP contribution in [0.5, 0.6) is 0 Å². The quantitative estimate of drug-likeness (QED) is 0.757. The van der Waals surface area contributed by atoms with Crippen molar-refractivity contribution in [3.05, 3.63) is 0 Å². The molecule has 2 fully saturated rings. The van der Waals surface area contributed by atoms with Crippen molar-refractivity contribution in [3.63, 3.8) is 0 Å². The van der Waals surface area contributed by atoms with Crippen molar-refractivity contribution in [1.82, 2.24) is 15.1 Å². The monoisotopic (exact) mass is 253 g/mol. The van der Waals surface area contributed by atoms with Gasteiger partial charge < -0.3 is 15.1 Å². The Kier molecular flexibility index (Phi) is 4.22. The topological polar surface area (TPSA) is 52.7 Å². The lowest BCUT2D eigenvalue weighted by molar-refractivity contribution is -0.145. The Balaban J connectivity index is 2.01. The lowest BCUT2D eigenvalue weighted by Crippen LogP contribution is -2.53. The first kappa shape index (κ1) is 13.3. The molecule has 0 saturated carbocycles. The van der Waals surface area contributed by atoms with Crippen LogP contribution in [0.2, 0.25) is 0 Å². The minimum absolute atomic E-state index is 0.0265. The van der Waals surface area contributed by atoms with Gasteiger partial charge in [-0.15, -0.1) is 0 Å². The Morgan fingerprint density at radius 2 is 1.83 bits per heavy atom. The first-order valence-electron chi connectivity index (χ1n) is 6.91. The summed E-state index contributed by atoms with van der Waals surface area (Å²) in [5.41, 5.74) is 0. The second kappa shape index (κ2) is 5.69. The summed E-state index contributed by atoms with van der Waals surface area (Å²) >= 11 is 0. The van der Waals surface area contributed by atoms with Crippen molar-refractivity contribution in [2.45, 2.75) is 32.7 Å². The zero-order valence-corrected chi connectivity index (χ0v) is 11.3. The van der Waals surface area contributed by atoms with E-state index in [0.29, 0.717) is 0 Å². The molecule has 2 aliphatic heterocycles. The zero-order valence-electron chi connectivity index (χ0n) is 11.3. The van der Waals surface area contributed by atoms with Crippen molar-refractivity contribution < 1.29 is 9.59 Å². The van der Waals surface area contributed by atoms with Crippen LogP contribution in [0.3, 0.4) is 0 Å². The van der Waals surface area contributed by atoms with E-state index < -0.39 is 0 Å². The van der Waals surface area contributed by atoms with E-state index in [2.05, 4.69) is 5.32 Å². The smallest absolute Gasteiger partial charge is 0.245 e. The van der Waals surface area contributed by atoms with Gasteiger partial charge in [-0.05, 0) is 12.8 Å². The maximum atomic E-state index is 12.4. The standard InChI is InChI=1S/C13H23N3O2/c1-10(2)12(17)16-7-3-4-11(16)13(18)15-8-5-14-6-9-15/h10-11,14H,3-9H2,1-2H3. The third-order valence-electron chi connectivity index (χ3n) is 3.74. The van der Waals surface area contributed by atoms with Crippen molar-refractivity contribution in [2.75, 3.05) is 32.7 Å². The summed E-state index contributed by atoms with van der Waals surface area (Å²) in [5.74, 6) is 0.227. The molecule has 0 aliphatic carbocycles. The van der Waals surface area contributed by atoms with Gasteiger partial charge in [0.1, 0.15) is 6.04 Å². The molecule has 0 radical (unpaired) electrons. The van der Waals surface area contributed by atoms with Crippen molar-refractivity contribution in [3.8, 4) is 0 Å². The molecule has 0 aromatic rings. The van der Waals surface area contributed by atoms with Gasteiger partial charge in [0.15, 0.2) is 0 Å². The zero-order chi connectivity index (χ0) is 13.1. The van der Waals surface area contributed by atoms with Crippen LogP contribution in [-0.4, -0.2) is 60.4 Å². The van der Waals surface area contributed by atoms with Crippen LogP contribution < -0.4 is 5.32 Å². The highest BCUT2D eigenvalue weighted by molar-refractivity contribution is 5.89. The van der Waals surface area contributed by atoms with E-state index in [0.717, 1.165) is 45.6 Å². The molecule has 0 aromatic heterocycles. The highest BCUT2D eigenvalue weighted by Crippen LogP contribution is 2.21. The number of nitrogens with one attached hydrogen (secondary N) is 1. The molecule has 1 unspecified atom stereocenters. The molecule has 0 spiro atoms. The van der Waals surface area contributed by atoms with Gasteiger partial charge in [0, 0.05) is 38.6 Å². The number of likely N-dealkylation sites (tertiary alicyclic amines) is 1. The lowest BCUT2D eigenvalue weighted by Gasteiger charge is -2.33. The van der Waals surface area contributed by atoms with Gasteiger partial charge in [-0.25, -0.2) is 0 Å². The number of hydrogen-bond donors (Lipinski definition) is 1. The molecule has 18 heavy (non-hydrogen) atoms. The van der Waals surface area contributed by atoms with Gasteiger partial charge in [-0.2, -0.15) is 0 Å². The average Bonchev–Trinajstić information content (AvgIpc) is 2.87. The molecule has 0 aromatic carbocycles. The van der Waals surface area contributed by atoms with Crippen molar-refractivity contribution >= 4 is 11.8 Å². The molecule has 2 saturated heterocycles. The van der Waals surface area contributed by atoms with Crippen LogP contribution in [0.25, 0.3) is 0 Å². The fourth-order valence-corrected chi connectivity index (χ4v) is 2.71. The van der Waals surface area contributed by atoms with Gasteiger partial charge in [-0.3, -0.25) is 9.59 Å². The van der Waals surface area contributed by atoms with Crippen molar-refractivity contribution in [1.29, 1.82) is 0 Å². The molecule has 2 rings (SSSR count). The van der Waals surface area contributed by atoms with Gasteiger partial charge in [0.25, 0.3) is 0 Å². The Morgan fingerprint density at radius 1 is 1.17 bits per heavy atom. The minimum Gasteiger partial charge on any atom is -0.338 e. The lowest BCUT2D eigenvalue weighted by atomic mass is 10.1. The van der Waals surface area contributed by atoms with E-state index in [4.69, 9.17) is 0 Å². The normalized spacial score (nSPS) is 24.7. The molecule has 2 amide bonds. The SMILES string of the molecule is CC(C)C(=O)N1CCCC1C(=O)N1CCNCC1. The average molecular weight is 253 g/mol. The maximum Gasteiger partial charge on any atom is 0.245 e. The first-order chi connectivity index (χ1) is 8.61. The number of rotatable bonds is 2. The molecular weight excluding hydrogens is 230 g/mol. The third-order valence-corrected chi connectivity index (χ3v) is 3.74. The first-order valence-corrected chi connectivity index (χ1v) is 6.91. The van der Waals surface area contributed by atoms with Gasteiger partial charge in [0.2, 0.25) is 11.8 Å². The van der Waals surface area contributed by atoms with E-state index >= 15 is 0 Å². The summed E-state index contributed by atoms with van der Waals surface area (Å²) in [6.07, 6.45) is 1.77. The van der Waals surface area contributed by atoms with Gasteiger partial charge >= 0.3 is 0 Å². The molecule has 1 N–H and O–H groups in total. The van der Waals surface area contributed by atoms with E-state index in [9.17, 15) is 9.59 Å². The minimum atomic E-state index is -0.210. The van der Waals surface area contributed by atoms with Gasteiger partial charge in [-0.1, -0.05) is 13.8 Å². The predicted molar refractivity (Wildman–Crippen MR) is 69.0 cm³/mol. The van der Waals surface area contributed by atoms with Crippen LogP contribution in [-0.2, 0) is 9.59 Å². The summed E-state index contributed by atoms with van der Waals surface area (Å²) in [6, 6.07) is -0.210. The molecule has 102 valence electrons. The van der Waals surface area contributed by atoms with E-state index in [1.807, 2.05) is 18.7 Å². The highest BCUT2D eigenvalue weighted by Gasteiger charge is 2.37. The van der Waals surface area contributed by atoms with E-state index in [1.54, 1.807) is 4.90 Å². The largest absolute Gasteiger partial charge is 0.338 e. The van der Waals surface area contributed by atoms with Crippen molar-refractivity contribution in [2.24, 2.45) is 5.92 Å². The Labute approximate surface area is 108 Å². The Hall–Kier alpha value is -1.10. The number of amides is 2. The summed E-state index contributed by atoms with van der Waals surface area (Å²) < 4.78 is 0. The number of piperazine rings is 1. The number of carbonyl (C=O) groups excluding carboxylic acids is 2. The molecule has 2 heterocycles. The third kappa shape index (κ3) is 2.66. The number of hydrogen-bond acceptors (Lipinski definition) is 3. The summed E-state index contributed by atoms with van der Waals surface area (Å²) in [7, 11) is 0. The number of carbonyl (C=O) groups is 2. The molecule has 5 heteroatoms. The van der Waals surface area contributed by atoms with Crippen LogP contribution in [0.4, 0.5) is 0 Å². The second-order valence-electron chi connectivity index (χ2n) is 5.42. The van der Waals surface area contributed by atoms with Crippen LogP contribution in [0.1, 0.15) is 26.7 Å². The molecule has 1 atom stereocenters. The Bertz CT molecular complexity index is 324. The summed E-state index contributed by atoms with van der Waals surface area (Å²) in [5, 5.41) is 3.24. The predicted octanol–water partition coefficient (Wildman–Crippen LogP) is 0.0652. The Morgan fingerprint density at radius 3 is 2.44 bits per heavy atom. The molecule has 2 aliphatic rings. The fourth-order valence-electron chi connectivity index (χ4n) is 2.71. The van der Waals surface area contributed by atoms with Crippen LogP contribution in [0.15, 0.2) is 0 Å². The fraction of sp³-hybridized carbons (Fsp3) is 0.846.